The summed E-state index contributed by atoms with van der Waals surface area (Å²) in [6.07, 6.45) is 27.3. The Morgan fingerprint density at radius 3 is 0.867 bits per heavy atom. The van der Waals surface area contributed by atoms with Gasteiger partial charge in [-0.15, -0.1) is 0 Å². The molecule has 0 amide bonds. The van der Waals surface area contributed by atoms with Crippen molar-refractivity contribution in [1.29, 1.82) is 0 Å². The van der Waals surface area contributed by atoms with E-state index < -0.39 is 0 Å². The fourth-order valence-corrected chi connectivity index (χ4v) is 4.83. The Morgan fingerprint density at radius 2 is 0.600 bits per heavy atom. The maximum absolute atomic E-state index is 8.25. The molecule has 0 N–H and O–H groups in total. The average Bonchev–Trinajstić information content (AvgIpc) is 2.77. The SMILES string of the molecule is CCCCCCCC[N+](CCC)(CCCCCCCC)CCCCCCCC.C[O-]. The minimum atomic E-state index is 0.750. The van der Waals surface area contributed by atoms with Crippen molar-refractivity contribution in [1.82, 2.24) is 0 Å². The second-order valence-electron chi connectivity index (χ2n) is 9.54. The largest absolute Gasteiger partial charge is 0.857 e. The molecular weight excluding hydrogens is 366 g/mol. The third-order valence-electron chi connectivity index (χ3n) is 6.66. The van der Waals surface area contributed by atoms with E-state index in [1.54, 1.807) is 0 Å². The van der Waals surface area contributed by atoms with Crippen molar-refractivity contribution in [3.63, 3.8) is 0 Å². The van der Waals surface area contributed by atoms with Crippen molar-refractivity contribution in [3.05, 3.63) is 0 Å². The van der Waals surface area contributed by atoms with Crippen molar-refractivity contribution in [2.24, 2.45) is 0 Å². The van der Waals surface area contributed by atoms with Gasteiger partial charge in [0.1, 0.15) is 0 Å². The lowest BCUT2D eigenvalue weighted by atomic mass is 10.1. The molecule has 184 valence electrons. The highest BCUT2D eigenvalue weighted by atomic mass is 16.2. The van der Waals surface area contributed by atoms with Gasteiger partial charge in [-0.2, -0.15) is 7.11 Å². The summed E-state index contributed by atoms with van der Waals surface area (Å²) in [5.41, 5.74) is 0. The summed E-state index contributed by atoms with van der Waals surface area (Å²) in [6, 6.07) is 0. The molecule has 0 heterocycles. The molecule has 0 aliphatic carbocycles. The highest BCUT2D eigenvalue weighted by molar-refractivity contribution is 4.53. The lowest BCUT2D eigenvalue weighted by Gasteiger charge is -2.39. The molecule has 2 heteroatoms. The zero-order valence-corrected chi connectivity index (χ0v) is 22.1. The van der Waals surface area contributed by atoms with Gasteiger partial charge >= 0.3 is 0 Å². The molecule has 0 rings (SSSR count). The Hall–Kier alpha value is -0.0800. The highest BCUT2D eigenvalue weighted by Gasteiger charge is 2.25. The molecule has 0 spiro atoms. The standard InChI is InChI=1S/C27H58N.CH3O/c1-5-9-12-15-18-21-25-28(24-8-4,26-22-19-16-13-10-6-2)27-23-20-17-14-11-7-3;1-2/h5-27H2,1-4H3;1H3/q+1;-1. The molecule has 0 bridgehead atoms. The zero-order chi connectivity index (χ0) is 22.8. The van der Waals surface area contributed by atoms with Gasteiger partial charge in [0.25, 0.3) is 0 Å². The van der Waals surface area contributed by atoms with Gasteiger partial charge in [-0.05, 0) is 44.9 Å². The summed E-state index contributed by atoms with van der Waals surface area (Å²) in [5.74, 6) is 0. The van der Waals surface area contributed by atoms with Gasteiger partial charge in [0.15, 0.2) is 0 Å². The van der Waals surface area contributed by atoms with Crippen LogP contribution in [0.25, 0.3) is 0 Å². The molecule has 0 atom stereocenters. The molecule has 0 aromatic heterocycles. The molecule has 0 aliphatic heterocycles. The van der Waals surface area contributed by atoms with E-state index >= 15 is 0 Å². The summed E-state index contributed by atoms with van der Waals surface area (Å²) < 4.78 is 1.45. The zero-order valence-electron chi connectivity index (χ0n) is 22.1. The molecule has 0 radical (unpaired) electrons. The molecule has 0 unspecified atom stereocenters. The third-order valence-corrected chi connectivity index (χ3v) is 6.66. The molecule has 0 saturated carbocycles. The normalized spacial score (nSPS) is 11.4. The van der Waals surface area contributed by atoms with Crippen molar-refractivity contribution in [3.8, 4) is 0 Å². The summed E-state index contributed by atoms with van der Waals surface area (Å²) in [7, 11) is 0.750. The fraction of sp³-hybridized carbons (Fsp3) is 1.00. The van der Waals surface area contributed by atoms with E-state index in [1.165, 1.54) is 153 Å². The average molecular weight is 428 g/mol. The molecular formula is C28H61NO. The van der Waals surface area contributed by atoms with E-state index in [4.69, 9.17) is 5.11 Å². The van der Waals surface area contributed by atoms with Crippen LogP contribution in [0.15, 0.2) is 0 Å². The first-order valence-corrected chi connectivity index (χ1v) is 14.0. The second-order valence-corrected chi connectivity index (χ2v) is 9.54. The smallest absolute Gasteiger partial charge is 0.0786 e. The van der Waals surface area contributed by atoms with Crippen LogP contribution in [0.2, 0.25) is 0 Å². The first-order valence-electron chi connectivity index (χ1n) is 14.0. The number of unbranched alkanes of at least 4 members (excludes halogenated alkanes) is 15. The van der Waals surface area contributed by atoms with Crippen LogP contribution in [0.4, 0.5) is 0 Å². The maximum atomic E-state index is 8.25. The first kappa shape index (κ1) is 32.1. The number of hydrogen-bond donors (Lipinski definition) is 0. The number of rotatable bonds is 23. The van der Waals surface area contributed by atoms with Gasteiger partial charge in [0.05, 0.1) is 26.2 Å². The number of nitrogens with zero attached hydrogens (tertiary/aromatic N) is 1. The molecule has 30 heavy (non-hydrogen) atoms. The molecule has 0 saturated heterocycles. The monoisotopic (exact) mass is 427 g/mol. The van der Waals surface area contributed by atoms with Crippen molar-refractivity contribution in [2.45, 2.75) is 150 Å². The van der Waals surface area contributed by atoms with E-state index in [0.717, 1.165) is 7.11 Å². The van der Waals surface area contributed by atoms with Crippen LogP contribution >= 0.6 is 0 Å². The Kier molecular flexibility index (Phi) is 28.8. The van der Waals surface area contributed by atoms with E-state index in [0.29, 0.717) is 0 Å². The van der Waals surface area contributed by atoms with Crippen LogP contribution in [-0.2, 0) is 0 Å². The first-order chi connectivity index (χ1) is 14.7. The minimum Gasteiger partial charge on any atom is -0.857 e. The summed E-state index contributed by atoms with van der Waals surface area (Å²) in [4.78, 5) is 0. The Morgan fingerprint density at radius 1 is 0.333 bits per heavy atom. The molecule has 2 nitrogen and oxygen atoms in total. The van der Waals surface area contributed by atoms with Crippen molar-refractivity contribution < 1.29 is 9.59 Å². The topological polar surface area (TPSA) is 23.1 Å². The predicted octanol–water partition coefficient (Wildman–Crippen LogP) is 8.27. The van der Waals surface area contributed by atoms with Crippen molar-refractivity contribution >= 4 is 0 Å². The minimum absolute atomic E-state index is 0.750. The van der Waals surface area contributed by atoms with Crippen LogP contribution in [0, 0.1) is 0 Å². The van der Waals surface area contributed by atoms with Crippen LogP contribution in [0.1, 0.15) is 150 Å². The van der Waals surface area contributed by atoms with Gasteiger partial charge in [0.2, 0.25) is 0 Å². The van der Waals surface area contributed by atoms with Gasteiger partial charge in [-0.1, -0.05) is 105 Å². The second kappa shape index (κ2) is 27.0. The molecule has 0 fully saturated rings. The lowest BCUT2D eigenvalue weighted by Crippen LogP contribution is -2.50. The summed E-state index contributed by atoms with van der Waals surface area (Å²) in [5, 5.41) is 8.25. The van der Waals surface area contributed by atoms with E-state index in [9.17, 15) is 0 Å². The lowest BCUT2D eigenvalue weighted by molar-refractivity contribution is -0.929. The Labute approximate surface area is 192 Å². The van der Waals surface area contributed by atoms with Crippen molar-refractivity contribution in [2.75, 3.05) is 33.3 Å². The number of quaternary nitrogens is 1. The van der Waals surface area contributed by atoms with Crippen LogP contribution < -0.4 is 5.11 Å². The fourth-order valence-electron chi connectivity index (χ4n) is 4.83. The Bertz CT molecular complexity index is 252. The van der Waals surface area contributed by atoms with Crippen LogP contribution in [0.3, 0.4) is 0 Å². The third kappa shape index (κ3) is 21.2. The molecule has 0 aromatic rings. The van der Waals surface area contributed by atoms with E-state index in [-0.39, 0.29) is 0 Å². The molecule has 0 aliphatic rings. The summed E-state index contributed by atoms with van der Waals surface area (Å²) in [6.45, 7) is 15.2. The number of hydrogen-bond acceptors (Lipinski definition) is 1. The Balaban J connectivity index is 0. The highest BCUT2D eigenvalue weighted by Crippen LogP contribution is 2.19. The maximum Gasteiger partial charge on any atom is 0.0786 e. The van der Waals surface area contributed by atoms with Gasteiger partial charge < -0.3 is 9.59 Å². The summed E-state index contributed by atoms with van der Waals surface area (Å²) >= 11 is 0. The quantitative estimate of drug-likeness (QED) is 0.119. The van der Waals surface area contributed by atoms with E-state index in [1.807, 2.05) is 0 Å². The van der Waals surface area contributed by atoms with Crippen LogP contribution in [0.5, 0.6) is 0 Å². The van der Waals surface area contributed by atoms with Gasteiger partial charge in [-0.25, -0.2) is 0 Å². The van der Waals surface area contributed by atoms with Gasteiger partial charge in [-0.3, -0.25) is 0 Å². The van der Waals surface area contributed by atoms with E-state index in [2.05, 4.69) is 27.7 Å². The van der Waals surface area contributed by atoms with Gasteiger partial charge in [0, 0.05) is 0 Å². The van der Waals surface area contributed by atoms with Crippen LogP contribution in [-0.4, -0.2) is 37.8 Å². The predicted molar refractivity (Wildman–Crippen MR) is 136 cm³/mol. The molecule has 0 aromatic carbocycles.